The van der Waals surface area contributed by atoms with Gasteiger partial charge >= 0.3 is 0 Å². The lowest BCUT2D eigenvalue weighted by Gasteiger charge is -2.41. The van der Waals surface area contributed by atoms with Crippen LogP contribution in [0.25, 0.3) is 0 Å². The zero-order chi connectivity index (χ0) is 12.4. The average molecular weight is 297 g/mol. The molecule has 0 aromatic carbocycles. The summed E-state index contributed by atoms with van der Waals surface area (Å²) in [6.07, 6.45) is 3.30. The first-order valence-electron chi connectivity index (χ1n) is 6.39. The van der Waals surface area contributed by atoms with Gasteiger partial charge in [-0.1, -0.05) is 35.8 Å². The van der Waals surface area contributed by atoms with Gasteiger partial charge in [0.25, 0.3) is 0 Å². The van der Waals surface area contributed by atoms with E-state index >= 15 is 0 Å². The Labute approximate surface area is 113 Å². The topological polar surface area (TPSA) is 16.1 Å². The number of nitrogens with zero attached hydrogens (tertiary/aromatic N) is 2. The smallest absolute Gasteiger partial charge is 0.128 e. The Morgan fingerprint density at radius 1 is 1.35 bits per heavy atom. The van der Waals surface area contributed by atoms with Crippen LogP contribution in [0.1, 0.15) is 32.8 Å². The molecule has 1 saturated heterocycles. The Hall–Kier alpha value is -0.570. The van der Waals surface area contributed by atoms with Crippen molar-refractivity contribution in [2.45, 2.75) is 38.6 Å². The van der Waals surface area contributed by atoms with Crippen LogP contribution in [0.2, 0.25) is 0 Å². The van der Waals surface area contributed by atoms with Crippen molar-refractivity contribution in [1.29, 1.82) is 0 Å². The summed E-state index contributed by atoms with van der Waals surface area (Å²) < 4.78 is 0. The van der Waals surface area contributed by atoms with Crippen LogP contribution in [0.4, 0.5) is 5.82 Å². The molecule has 1 aromatic heterocycles. The van der Waals surface area contributed by atoms with Crippen LogP contribution >= 0.6 is 15.9 Å². The summed E-state index contributed by atoms with van der Waals surface area (Å²) in [7, 11) is 0. The number of alkyl halides is 1. The first kappa shape index (κ1) is 12.9. The van der Waals surface area contributed by atoms with Gasteiger partial charge in [0.2, 0.25) is 0 Å². The number of halogens is 1. The highest BCUT2D eigenvalue weighted by molar-refractivity contribution is 9.08. The molecular weight excluding hydrogens is 276 g/mol. The molecule has 94 valence electrons. The standard InChI is InChI=1S/C14H21BrN2/c1-10-6-11(2)12(3)17(9-10)14-5-4-13(7-15)8-16-14/h4-5,8,10-12H,6-7,9H2,1-3H3. The Kier molecular flexibility index (Phi) is 4.08. The second-order valence-corrected chi connectivity index (χ2v) is 5.93. The van der Waals surface area contributed by atoms with E-state index in [1.165, 1.54) is 12.0 Å². The second kappa shape index (κ2) is 5.38. The number of hydrogen-bond acceptors (Lipinski definition) is 2. The number of hydrogen-bond donors (Lipinski definition) is 0. The molecule has 3 atom stereocenters. The Morgan fingerprint density at radius 2 is 2.12 bits per heavy atom. The van der Waals surface area contributed by atoms with Gasteiger partial charge in [0.05, 0.1) is 0 Å². The number of anilines is 1. The fourth-order valence-corrected chi connectivity index (χ4v) is 3.01. The molecule has 1 aromatic rings. The zero-order valence-electron chi connectivity index (χ0n) is 10.9. The van der Waals surface area contributed by atoms with E-state index in [0.717, 1.165) is 29.5 Å². The molecule has 0 spiro atoms. The summed E-state index contributed by atoms with van der Waals surface area (Å²) >= 11 is 3.46. The van der Waals surface area contributed by atoms with Gasteiger partial charge in [-0.15, -0.1) is 0 Å². The summed E-state index contributed by atoms with van der Waals surface area (Å²) in [4.78, 5) is 7.04. The molecule has 2 nitrogen and oxygen atoms in total. The minimum atomic E-state index is 0.591. The molecule has 0 N–H and O–H groups in total. The van der Waals surface area contributed by atoms with Crippen LogP contribution in [0.15, 0.2) is 18.3 Å². The molecule has 0 aliphatic carbocycles. The molecule has 3 unspecified atom stereocenters. The summed E-state index contributed by atoms with van der Waals surface area (Å²) in [5.74, 6) is 2.64. The lowest BCUT2D eigenvalue weighted by Crippen LogP contribution is -2.46. The minimum Gasteiger partial charge on any atom is -0.353 e. The van der Waals surface area contributed by atoms with Gasteiger partial charge in [0, 0.05) is 24.1 Å². The van der Waals surface area contributed by atoms with Crippen molar-refractivity contribution >= 4 is 21.7 Å². The van der Waals surface area contributed by atoms with Crippen LogP contribution in [0, 0.1) is 11.8 Å². The Morgan fingerprint density at radius 3 is 2.71 bits per heavy atom. The Balaban J connectivity index is 2.19. The predicted molar refractivity (Wildman–Crippen MR) is 76.6 cm³/mol. The van der Waals surface area contributed by atoms with E-state index in [9.17, 15) is 0 Å². The molecule has 2 rings (SSSR count). The highest BCUT2D eigenvalue weighted by atomic mass is 79.9. The summed E-state index contributed by atoms with van der Waals surface area (Å²) in [6.45, 7) is 8.13. The van der Waals surface area contributed by atoms with Crippen molar-refractivity contribution in [1.82, 2.24) is 4.98 Å². The van der Waals surface area contributed by atoms with E-state index in [-0.39, 0.29) is 0 Å². The second-order valence-electron chi connectivity index (χ2n) is 5.37. The fourth-order valence-electron chi connectivity index (χ4n) is 2.68. The lowest BCUT2D eigenvalue weighted by atomic mass is 9.86. The minimum absolute atomic E-state index is 0.591. The van der Waals surface area contributed by atoms with Gasteiger partial charge in [-0.3, -0.25) is 0 Å². The summed E-state index contributed by atoms with van der Waals surface area (Å²) in [6, 6.07) is 4.90. The third kappa shape index (κ3) is 2.82. The Bertz CT molecular complexity index is 363. The van der Waals surface area contributed by atoms with Gasteiger partial charge in [-0.05, 0) is 36.8 Å². The van der Waals surface area contributed by atoms with Crippen molar-refractivity contribution in [2.75, 3.05) is 11.4 Å². The highest BCUT2D eigenvalue weighted by Gasteiger charge is 2.29. The van der Waals surface area contributed by atoms with E-state index < -0.39 is 0 Å². The van der Waals surface area contributed by atoms with Gasteiger partial charge in [0.15, 0.2) is 0 Å². The van der Waals surface area contributed by atoms with Crippen molar-refractivity contribution in [3.63, 3.8) is 0 Å². The monoisotopic (exact) mass is 296 g/mol. The normalized spacial score (nSPS) is 29.4. The number of rotatable bonds is 2. The fraction of sp³-hybridized carbons (Fsp3) is 0.643. The SMILES string of the molecule is CC1CC(C)C(C)N(c2ccc(CBr)cn2)C1. The molecule has 2 heterocycles. The van der Waals surface area contributed by atoms with Crippen molar-refractivity contribution < 1.29 is 0 Å². The summed E-state index contributed by atoms with van der Waals surface area (Å²) in [5.41, 5.74) is 1.24. The van der Waals surface area contributed by atoms with Crippen LogP contribution in [0.3, 0.4) is 0 Å². The maximum Gasteiger partial charge on any atom is 0.128 e. The van der Waals surface area contributed by atoms with Gasteiger partial charge < -0.3 is 4.90 Å². The maximum atomic E-state index is 4.59. The number of aromatic nitrogens is 1. The maximum absolute atomic E-state index is 4.59. The molecule has 1 fully saturated rings. The van der Waals surface area contributed by atoms with Crippen LogP contribution in [0.5, 0.6) is 0 Å². The third-order valence-electron chi connectivity index (χ3n) is 3.86. The predicted octanol–water partition coefficient (Wildman–Crippen LogP) is 3.85. The van der Waals surface area contributed by atoms with E-state index in [1.54, 1.807) is 0 Å². The molecule has 1 aliphatic rings. The molecule has 3 heteroatoms. The molecular formula is C14H21BrN2. The molecule has 0 amide bonds. The first-order valence-corrected chi connectivity index (χ1v) is 7.51. The third-order valence-corrected chi connectivity index (χ3v) is 4.50. The van der Waals surface area contributed by atoms with Crippen molar-refractivity contribution in [3.8, 4) is 0 Å². The quantitative estimate of drug-likeness (QED) is 0.771. The van der Waals surface area contributed by atoms with Crippen molar-refractivity contribution in [3.05, 3.63) is 23.9 Å². The largest absolute Gasteiger partial charge is 0.353 e. The van der Waals surface area contributed by atoms with E-state index in [1.807, 2.05) is 6.20 Å². The highest BCUT2D eigenvalue weighted by Crippen LogP contribution is 2.30. The van der Waals surface area contributed by atoms with Gasteiger partial charge in [-0.25, -0.2) is 4.98 Å². The molecule has 17 heavy (non-hydrogen) atoms. The lowest BCUT2D eigenvalue weighted by molar-refractivity contribution is 0.295. The van der Waals surface area contributed by atoms with E-state index in [2.05, 4.69) is 58.7 Å². The van der Waals surface area contributed by atoms with Crippen molar-refractivity contribution in [2.24, 2.45) is 11.8 Å². The first-order chi connectivity index (χ1) is 8.11. The molecule has 0 saturated carbocycles. The van der Waals surface area contributed by atoms with Crippen LogP contribution in [-0.4, -0.2) is 17.6 Å². The summed E-state index contributed by atoms with van der Waals surface area (Å²) in [5, 5.41) is 0.878. The van der Waals surface area contributed by atoms with Gasteiger partial charge in [0.1, 0.15) is 5.82 Å². The molecule has 0 radical (unpaired) electrons. The van der Waals surface area contributed by atoms with Crippen LogP contribution < -0.4 is 4.90 Å². The van der Waals surface area contributed by atoms with E-state index in [4.69, 9.17) is 0 Å². The average Bonchev–Trinajstić information content (AvgIpc) is 2.34. The molecule has 0 bridgehead atoms. The number of piperidine rings is 1. The zero-order valence-corrected chi connectivity index (χ0v) is 12.4. The number of pyridine rings is 1. The van der Waals surface area contributed by atoms with Gasteiger partial charge in [-0.2, -0.15) is 0 Å². The molecule has 1 aliphatic heterocycles. The van der Waals surface area contributed by atoms with Crippen LogP contribution in [-0.2, 0) is 5.33 Å². The van der Waals surface area contributed by atoms with E-state index in [0.29, 0.717) is 6.04 Å².